The van der Waals surface area contributed by atoms with E-state index in [4.69, 9.17) is 0 Å². The van der Waals surface area contributed by atoms with Gasteiger partial charge in [0.05, 0.1) is 25.4 Å². The van der Waals surface area contributed by atoms with Crippen LogP contribution in [0.15, 0.2) is 30.4 Å². The summed E-state index contributed by atoms with van der Waals surface area (Å²) in [5.74, 6) is -1.55. The number of ether oxygens (including phenoxy) is 1. The number of β-lactam (4-membered cyclic amide) rings is 1. The number of amides is 3. The lowest BCUT2D eigenvalue weighted by Gasteiger charge is -2.32. The Kier molecular flexibility index (Phi) is 8.52. The first-order chi connectivity index (χ1) is 18.2. The highest BCUT2D eigenvalue weighted by Crippen LogP contribution is 2.47. The molecule has 3 aliphatic heterocycles. The van der Waals surface area contributed by atoms with Gasteiger partial charge >= 0.3 is 5.97 Å². The number of aliphatic hydroxyl groups is 2. The van der Waals surface area contributed by atoms with E-state index in [1.807, 2.05) is 0 Å². The molecule has 0 saturated carbocycles. The quantitative estimate of drug-likeness (QED) is 0.195. The maximum atomic E-state index is 13.7. The molecule has 3 amide bonds. The van der Waals surface area contributed by atoms with Gasteiger partial charge in [0.15, 0.2) is 5.60 Å². The van der Waals surface area contributed by atoms with Crippen molar-refractivity contribution < 1.29 is 34.1 Å². The monoisotopic (exact) mass is 527 g/mol. The summed E-state index contributed by atoms with van der Waals surface area (Å²) >= 11 is 0. The van der Waals surface area contributed by atoms with Crippen LogP contribution in [0, 0.1) is 5.92 Å². The van der Waals surface area contributed by atoms with Gasteiger partial charge in [-0.15, -0.1) is 0 Å². The number of methoxy groups -OCH3 is 1. The molecule has 2 saturated heterocycles. The molecule has 0 aromatic heterocycles. The second-order valence-electron chi connectivity index (χ2n) is 10.2. The van der Waals surface area contributed by atoms with E-state index in [1.54, 1.807) is 52.0 Å². The Morgan fingerprint density at radius 3 is 2.68 bits per heavy atom. The number of esters is 1. The number of carbonyl (C=O) groups excluding carboxylic acids is 4. The summed E-state index contributed by atoms with van der Waals surface area (Å²) in [5, 5.41) is 21.4. The zero-order chi connectivity index (χ0) is 27.4. The molecule has 3 aliphatic rings. The van der Waals surface area contributed by atoms with E-state index in [2.05, 4.69) is 4.74 Å². The molecule has 0 bridgehead atoms. The van der Waals surface area contributed by atoms with Gasteiger partial charge in [0, 0.05) is 56.1 Å². The summed E-state index contributed by atoms with van der Waals surface area (Å²) in [4.78, 5) is 54.7. The lowest BCUT2D eigenvalue weighted by atomic mass is 9.82. The zero-order valence-electron chi connectivity index (χ0n) is 22.1. The van der Waals surface area contributed by atoms with Crippen LogP contribution in [0.3, 0.4) is 0 Å². The molecule has 1 aromatic carbocycles. The Morgan fingerprint density at radius 2 is 2.03 bits per heavy atom. The van der Waals surface area contributed by atoms with E-state index in [-0.39, 0.29) is 43.3 Å². The van der Waals surface area contributed by atoms with Gasteiger partial charge in [-0.05, 0) is 43.9 Å². The first-order valence-corrected chi connectivity index (χ1v) is 13.3. The second kappa shape index (κ2) is 11.7. The van der Waals surface area contributed by atoms with Crippen LogP contribution in [0.4, 0.5) is 11.4 Å². The van der Waals surface area contributed by atoms with Crippen LogP contribution in [0.1, 0.15) is 57.4 Å². The molecule has 4 rings (SSSR count). The van der Waals surface area contributed by atoms with Crippen molar-refractivity contribution >= 4 is 35.1 Å². The average Bonchev–Trinajstić information content (AvgIpc) is 3.47. The van der Waals surface area contributed by atoms with E-state index >= 15 is 0 Å². The molecule has 10 heteroatoms. The van der Waals surface area contributed by atoms with Crippen molar-refractivity contribution in [3.8, 4) is 0 Å². The van der Waals surface area contributed by atoms with E-state index < -0.39 is 17.4 Å². The molecule has 3 atom stereocenters. The topological polar surface area (TPSA) is 128 Å². The van der Waals surface area contributed by atoms with E-state index in [9.17, 15) is 29.4 Å². The molecular formula is C28H37N3O7. The van der Waals surface area contributed by atoms with Crippen molar-refractivity contribution in [2.24, 2.45) is 5.92 Å². The van der Waals surface area contributed by atoms with E-state index in [0.717, 1.165) is 12.8 Å². The van der Waals surface area contributed by atoms with Gasteiger partial charge in [-0.2, -0.15) is 0 Å². The molecule has 1 aromatic rings. The molecule has 2 N–H and O–H groups in total. The number of nitrogens with zero attached hydrogens (tertiary/aromatic N) is 3. The molecular weight excluding hydrogens is 490 g/mol. The Bertz CT molecular complexity index is 1120. The number of likely N-dealkylation sites (tertiary alicyclic amines) is 1. The number of fused-ring (bicyclic) bond motifs is 1. The third kappa shape index (κ3) is 5.19. The summed E-state index contributed by atoms with van der Waals surface area (Å²) in [6, 6.07) is 5.10. The molecule has 38 heavy (non-hydrogen) atoms. The lowest BCUT2D eigenvalue weighted by Crippen LogP contribution is -2.45. The normalized spacial score (nSPS) is 23.7. The number of benzene rings is 1. The molecule has 206 valence electrons. The zero-order valence-corrected chi connectivity index (χ0v) is 22.1. The molecule has 10 nitrogen and oxygen atoms in total. The first-order valence-electron chi connectivity index (χ1n) is 13.3. The minimum atomic E-state index is -1.87. The van der Waals surface area contributed by atoms with Gasteiger partial charge in [-0.3, -0.25) is 19.2 Å². The van der Waals surface area contributed by atoms with Crippen LogP contribution < -0.4 is 9.80 Å². The van der Waals surface area contributed by atoms with Crippen molar-refractivity contribution in [2.45, 2.75) is 63.5 Å². The minimum absolute atomic E-state index is 0.00738. The van der Waals surface area contributed by atoms with E-state index in [1.165, 1.54) is 7.11 Å². The molecule has 0 spiro atoms. The maximum absolute atomic E-state index is 13.7. The minimum Gasteiger partial charge on any atom is -0.469 e. The van der Waals surface area contributed by atoms with Crippen LogP contribution in [0.25, 0.3) is 0 Å². The summed E-state index contributed by atoms with van der Waals surface area (Å²) in [6.07, 6.45) is 6.90. The summed E-state index contributed by atoms with van der Waals surface area (Å²) < 4.78 is 4.68. The average molecular weight is 528 g/mol. The Morgan fingerprint density at radius 1 is 1.24 bits per heavy atom. The van der Waals surface area contributed by atoms with Gasteiger partial charge < -0.3 is 29.6 Å². The van der Waals surface area contributed by atoms with Crippen LogP contribution in [0.5, 0.6) is 0 Å². The predicted molar refractivity (Wildman–Crippen MR) is 140 cm³/mol. The summed E-state index contributed by atoms with van der Waals surface area (Å²) in [6.45, 7) is 3.20. The summed E-state index contributed by atoms with van der Waals surface area (Å²) in [5.41, 5.74) is -0.237. The highest BCUT2D eigenvalue weighted by Gasteiger charge is 2.52. The van der Waals surface area contributed by atoms with Crippen LogP contribution in [0.2, 0.25) is 0 Å². The third-order valence-corrected chi connectivity index (χ3v) is 7.94. The highest BCUT2D eigenvalue weighted by atomic mass is 16.5. The fourth-order valence-electron chi connectivity index (χ4n) is 5.54. The van der Waals surface area contributed by atoms with Crippen molar-refractivity contribution in [2.75, 3.05) is 43.2 Å². The fourth-order valence-corrected chi connectivity index (χ4v) is 5.54. The Labute approximate surface area is 222 Å². The molecule has 0 unspecified atom stereocenters. The number of anilines is 2. The highest BCUT2D eigenvalue weighted by molar-refractivity contribution is 6.08. The number of hydrogen-bond donors (Lipinski definition) is 2. The Hall–Kier alpha value is -3.24. The third-order valence-electron chi connectivity index (χ3n) is 7.94. The lowest BCUT2D eigenvalue weighted by molar-refractivity contribution is -0.140. The summed E-state index contributed by atoms with van der Waals surface area (Å²) in [7, 11) is 1.34. The largest absolute Gasteiger partial charge is 0.469 e. The van der Waals surface area contributed by atoms with Gasteiger partial charge in [-0.1, -0.05) is 19.1 Å². The van der Waals surface area contributed by atoms with Crippen molar-refractivity contribution in [1.29, 1.82) is 0 Å². The molecule has 0 aliphatic carbocycles. The number of unbranched alkanes of at least 4 members (excludes halogenated alkanes) is 1. The van der Waals surface area contributed by atoms with Gasteiger partial charge in [0.25, 0.3) is 5.91 Å². The van der Waals surface area contributed by atoms with Crippen molar-refractivity contribution in [1.82, 2.24) is 4.90 Å². The standard InChI is InChI=1S/C28H37N3O7/c1-19(7-5-9-24(33)29-15-6-8-21(29)18-32)28(37)22-17-20(30-16-13-25(30)34)11-12-23(22)31(27(28)36)14-4-3-10-26(35)38-2/h5,7,11-12,17,19,21,32,37H,3-4,6,8-10,13-16,18H2,1-2H3/b7-5+/t19-,21-,28+/m0/s1. The van der Waals surface area contributed by atoms with Crippen LogP contribution >= 0.6 is 0 Å². The predicted octanol–water partition coefficient (Wildman–Crippen LogP) is 1.87. The number of hydrogen-bond acceptors (Lipinski definition) is 7. The molecule has 3 heterocycles. The maximum Gasteiger partial charge on any atom is 0.305 e. The van der Waals surface area contributed by atoms with Gasteiger partial charge in [0.1, 0.15) is 0 Å². The van der Waals surface area contributed by atoms with Crippen LogP contribution in [-0.4, -0.2) is 78.2 Å². The second-order valence-corrected chi connectivity index (χ2v) is 10.2. The molecule has 2 fully saturated rings. The van der Waals surface area contributed by atoms with Gasteiger partial charge in [-0.25, -0.2) is 0 Å². The SMILES string of the molecule is COC(=O)CCCCN1C(=O)[C@@](O)([C@@H](C)/C=C/CC(=O)N2CCC[C@H]2CO)c2cc(N3CCC3=O)ccc21. The van der Waals surface area contributed by atoms with Crippen LogP contribution in [-0.2, 0) is 29.5 Å². The van der Waals surface area contributed by atoms with Crippen molar-refractivity contribution in [3.05, 3.63) is 35.9 Å². The Balaban J connectivity index is 1.54. The number of aliphatic hydroxyl groups excluding tert-OH is 1. The first kappa shape index (κ1) is 27.8. The number of carbonyl (C=O) groups is 4. The number of rotatable bonds is 11. The van der Waals surface area contributed by atoms with Gasteiger partial charge in [0.2, 0.25) is 11.8 Å². The fraction of sp³-hybridized carbons (Fsp3) is 0.571. The smallest absolute Gasteiger partial charge is 0.305 e. The molecule has 0 radical (unpaired) electrons. The van der Waals surface area contributed by atoms with Crippen molar-refractivity contribution in [3.63, 3.8) is 0 Å². The van der Waals surface area contributed by atoms with E-state index in [0.29, 0.717) is 55.8 Å².